The number of β-amino-alcohol motifs (C(OH)–C–C–N with tert-alkyl or cyclic N) is 4. The van der Waals surface area contributed by atoms with E-state index in [9.17, 15) is 44.4 Å². The van der Waals surface area contributed by atoms with Gasteiger partial charge in [-0.2, -0.15) is 0 Å². The number of carbonyl (C=O) groups is 5. The predicted molar refractivity (Wildman–Crippen MR) is 453 cm³/mol. The topological polar surface area (TPSA) is 219 Å². The minimum absolute atomic E-state index is 0.0138. The molecule has 6 aromatic carbocycles. The molecular weight excluding hydrogens is 1370 g/mol. The van der Waals surface area contributed by atoms with E-state index < -0.39 is 0 Å². The summed E-state index contributed by atoms with van der Waals surface area (Å²) in [5.41, 5.74) is 13.4. The van der Waals surface area contributed by atoms with Crippen molar-refractivity contribution in [2.75, 3.05) is 91.6 Å². The lowest BCUT2D eigenvalue weighted by Crippen LogP contribution is -2.42. The molecule has 110 heavy (non-hydrogen) atoms. The van der Waals surface area contributed by atoms with Gasteiger partial charge in [-0.3, -0.25) is 24.0 Å². The van der Waals surface area contributed by atoms with Crippen LogP contribution in [-0.4, -0.2) is 197 Å². The minimum atomic E-state index is -0.363. The molecule has 4 heterocycles. The Morgan fingerprint density at radius 3 is 0.927 bits per heavy atom. The summed E-state index contributed by atoms with van der Waals surface area (Å²) in [6.07, 6.45) is 6.87. The van der Waals surface area contributed by atoms with E-state index in [1.165, 1.54) is 33.4 Å². The molecule has 4 atom stereocenters. The monoisotopic (exact) mass is 1510 g/mol. The molecule has 4 fully saturated rings. The van der Waals surface area contributed by atoms with E-state index in [0.717, 1.165) is 113 Å². The quantitative estimate of drug-likeness (QED) is 0.0266. The van der Waals surface area contributed by atoms with Gasteiger partial charge in [0, 0.05) is 105 Å². The first-order valence-corrected chi connectivity index (χ1v) is 41.1. The lowest BCUT2D eigenvalue weighted by atomic mass is 10.00. The zero-order chi connectivity index (χ0) is 81.0. The molecule has 4 aliphatic rings. The molecule has 4 aliphatic heterocycles. The third kappa shape index (κ3) is 32.4. The van der Waals surface area contributed by atoms with Crippen molar-refractivity contribution in [3.05, 3.63) is 219 Å². The largest absolute Gasteiger partial charge is 0.391 e. The SMILES string of the molecule is C=C(c1ccc(C(C)C)cc1)N1CCC[C@H](O)C1.CC(C)NCCCNC(=O)c1ccc(C(C)C)cc1.CC(C)c1ccc(C(=O)N2CCC[C@@H](O)C2)cc1.CC(C)c1ccc(C(=O)N2CC[C@@H](O)C2)cc1.CC(C)c1ccc(C(=O)N2CC[C@H](O)C2)cc1.CCN(CC)CCCCNC(=O)c1ccc(C(C)C)cc1. The molecule has 0 aliphatic carbocycles. The van der Waals surface area contributed by atoms with Crippen LogP contribution < -0.4 is 16.0 Å². The van der Waals surface area contributed by atoms with E-state index in [-0.39, 0.29) is 54.0 Å². The number of nitrogens with zero attached hydrogens (tertiary/aromatic N) is 5. The Morgan fingerprint density at radius 1 is 0.364 bits per heavy atom. The fraction of sp³-hybridized carbons (Fsp3) is 0.538. The Bertz CT molecular complexity index is 3490. The standard InChI is InChI=1S/C18H30N2O.C16H26N2O.C16H23NO.C15H21NO2.2C14H19NO2/c1-5-20(6-2)14-8-7-13-19-18(21)17-11-9-16(10-12-17)15(3)4;1-12(2)14-6-8-15(9-7-14)16(19)18-11-5-10-17-13(3)4;1-12(2)14-6-8-15(9-7-14)13(3)17-10-4-5-16(18)11-17;1-11(2)12-5-7-13(8-6-12)15(18)16-9-3-4-14(17)10-16;2*1-10(2)11-3-5-12(6-4-11)14(17)15-8-7-13(16)9-15/h9-12,15H,5-8,13-14H2,1-4H3,(H,19,21);6-9,12-13,17H,5,10-11H2,1-4H3,(H,18,19);6-9,12,16,18H,3-5,10-11H2,1-2H3;5-8,11,14,17H,3-4,9-10H2,1-2H3;2*3-6,10,13,16H,7-9H2,1-2H3/t;;16-;14-;2*13-/m..0110/s1. The van der Waals surface area contributed by atoms with Gasteiger partial charge in [-0.05, 0) is 219 Å². The fourth-order valence-corrected chi connectivity index (χ4v) is 13.1. The number of nitrogens with one attached hydrogen (secondary N) is 3. The molecule has 7 N–H and O–H groups in total. The molecule has 10 rings (SSSR count). The van der Waals surface area contributed by atoms with Crippen molar-refractivity contribution in [1.82, 2.24) is 40.4 Å². The number of hydrogen-bond acceptors (Lipinski definition) is 12. The van der Waals surface area contributed by atoms with Crippen molar-refractivity contribution < 1.29 is 44.4 Å². The second-order valence-electron chi connectivity index (χ2n) is 32.0. The number of amides is 5. The smallest absolute Gasteiger partial charge is 0.253 e. The third-order valence-electron chi connectivity index (χ3n) is 20.7. The number of piperidine rings is 2. The van der Waals surface area contributed by atoms with Gasteiger partial charge in [0.1, 0.15) is 0 Å². The van der Waals surface area contributed by atoms with Gasteiger partial charge in [0.15, 0.2) is 0 Å². The molecule has 0 aromatic heterocycles. The van der Waals surface area contributed by atoms with Crippen LogP contribution in [0.2, 0.25) is 0 Å². The van der Waals surface area contributed by atoms with Crippen molar-refractivity contribution in [3.63, 3.8) is 0 Å². The summed E-state index contributed by atoms with van der Waals surface area (Å²) in [4.78, 5) is 70.1. The molecule has 0 saturated carbocycles. The Kier molecular flexibility index (Phi) is 41.0. The zero-order valence-corrected chi connectivity index (χ0v) is 69.7. The number of unbranched alkanes of at least 4 members (excludes halogenated alkanes) is 1. The van der Waals surface area contributed by atoms with Crippen LogP contribution in [-0.2, 0) is 0 Å². The molecule has 0 bridgehead atoms. The molecule has 5 amide bonds. The summed E-state index contributed by atoms with van der Waals surface area (Å²) in [7, 11) is 0. The van der Waals surface area contributed by atoms with Crippen LogP contribution in [0.3, 0.4) is 0 Å². The van der Waals surface area contributed by atoms with Crippen molar-refractivity contribution in [2.24, 2.45) is 0 Å². The summed E-state index contributed by atoms with van der Waals surface area (Å²) < 4.78 is 0. The van der Waals surface area contributed by atoms with Gasteiger partial charge in [0.2, 0.25) is 0 Å². The number of benzene rings is 6. The van der Waals surface area contributed by atoms with Crippen LogP contribution in [0.15, 0.2) is 152 Å². The van der Waals surface area contributed by atoms with Crippen LogP contribution in [0.5, 0.6) is 0 Å². The van der Waals surface area contributed by atoms with Crippen molar-refractivity contribution in [2.45, 2.75) is 235 Å². The van der Waals surface area contributed by atoms with E-state index in [4.69, 9.17) is 0 Å². The van der Waals surface area contributed by atoms with Crippen LogP contribution in [0, 0.1) is 0 Å². The minimum Gasteiger partial charge on any atom is -0.391 e. The highest BCUT2D eigenvalue weighted by Gasteiger charge is 2.28. The van der Waals surface area contributed by atoms with E-state index in [0.29, 0.717) is 117 Å². The first-order chi connectivity index (χ1) is 52.4. The summed E-state index contributed by atoms with van der Waals surface area (Å²) in [5, 5.41) is 47.4. The highest BCUT2D eigenvalue weighted by Crippen LogP contribution is 2.26. The molecule has 604 valence electrons. The maximum atomic E-state index is 12.2. The average molecular weight is 1510 g/mol. The van der Waals surface area contributed by atoms with Gasteiger partial charge < -0.3 is 60.9 Å². The number of aliphatic hydroxyl groups excluding tert-OH is 4. The summed E-state index contributed by atoms with van der Waals surface area (Å²) in [6.45, 7) is 49.5. The van der Waals surface area contributed by atoms with Gasteiger partial charge in [-0.15, -0.1) is 0 Å². The van der Waals surface area contributed by atoms with Crippen LogP contribution in [0.25, 0.3) is 5.70 Å². The summed E-state index contributed by atoms with van der Waals surface area (Å²) in [5.74, 6) is 3.13. The van der Waals surface area contributed by atoms with E-state index in [1.807, 2.05) is 121 Å². The molecule has 17 heteroatoms. The molecule has 0 spiro atoms. The Labute approximate surface area is 661 Å². The normalized spacial score (nSPS) is 16.8. The lowest BCUT2D eigenvalue weighted by molar-refractivity contribution is 0.0473. The van der Waals surface area contributed by atoms with Crippen LogP contribution in [0.4, 0.5) is 0 Å². The first kappa shape index (κ1) is 92.6. The Balaban J connectivity index is 0.000000237. The molecule has 17 nitrogen and oxygen atoms in total. The molecular formula is C93H138N8O9. The average Bonchev–Trinajstić information content (AvgIpc) is 1.14. The Hall–Kier alpha value is -8.03. The molecule has 6 aromatic rings. The van der Waals surface area contributed by atoms with Crippen molar-refractivity contribution in [1.29, 1.82) is 0 Å². The van der Waals surface area contributed by atoms with Gasteiger partial charge >= 0.3 is 0 Å². The van der Waals surface area contributed by atoms with Crippen LogP contribution in [0.1, 0.15) is 295 Å². The molecule has 4 saturated heterocycles. The second-order valence-corrected chi connectivity index (χ2v) is 32.0. The highest BCUT2D eigenvalue weighted by atomic mass is 16.3. The number of carbonyl (C=O) groups excluding carboxylic acids is 5. The number of likely N-dealkylation sites (tertiary alicyclic amines) is 4. The van der Waals surface area contributed by atoms with E-state index >= 15 is 0 Å². The number of rotatable bonds is 25. The van der Waals surface area contributed by atoms with Gasteiger partial charge in [0.05, 0.1) is 24.4 Å². The Morgan fingerprint density at radius 2 is 0.636 bits per heavy atom. The van der Waals surface area contributed by atoms with E-state index in [1.54, 1.807) is 14.7 Å². The number of hydrogen-bond donors (Lipinski definition) is 7. The number of aliphatic hydroxyl groups is 4. The highest BCUT2D eigenvalue weighted by molar-refractivity contribution is 5.96. The molecule has 0 unspecified atom stereocenters. The van der Waals surface area contributed by atoms with Gasteiger partial charge in [0.25, 0.3) is 29.5 Å². The van der Waals surface area contributed by atoms with Gasteiger partial charge in [-0.25, -0.2) is 0 Å². The van der Waals surface area contributed by atoms with Crippen LogP contribution >= 0.6 is 0 Å². The van der Waals surface area contributed by atoms with Crippen molar-refractivity contribution in [3.8, 4) is 0 Å². The van der Waals surface area contributed by atoms with Gasteiger partial charge in [-0.1, -0.05) is 202 Å². The maximum Gasteiger partial charge on any atom is 0.253 e. The lowest BCUT2D eigenvalue weighted by Gasteiger charge is -2.33. The molecule has 0 radical (unpaired) electrons. The van der Waals surface area contributed by atoms with Crippen molar-refractivity contribution >= 4 is 35.2 Å². The summed E-state index contributed by atoms with van der Waals surface area (Å²) >= 11 is 0. The van der Waals surface area contributed by atoms with E-state index in [2.05, 4.69) is 167 Å². The summed E-state index contributed by atoms with van der Waals surface area (Å²) in [6, 6.07) is 48.2. The maximum absolute atomic E-state index is 12.2. The predicted octanol–water partition coefficient (Wildman–Crippen LogP) is 16.3. The fourth-order valence-electron chi connectivity index (χ4n) is 13.1. The zero-order valence-electron chi connectivity index (χ0n) is 69.7. The second kappa shape index (κ2) is 48.7. The third-order valence-corrected chi connectivity index (χ3v) is 20.7. The first-order valence-electron chi connectivity index (χ1n) is 41.1.